The van der Waals surface area contributed by atoms with Crippen LogP contribution in [0.2, 0.25) is 0 Å². The molecule has 2 aliphatic rings. The van der Waals surface area contributed by atoms with Gasteiger partial charge in [-0.25, -0.2) is 19.3 Å². The van der Waals surface area contributed by atoms with Gasteiger partial charge in [0.2, 0.25) is 5.82 Å². The smallest absolute Gasteiger partial charge is 0.354 e. The van der Waals surface area contributed by atoms with Crippen molar-refractivity contribution in [3.8, 4) is 0 Å². The van der Waals surface area contributed by atoms with Crippen molar-refractivity contribution in [3.63, 3.8) is 0 Å². The van der Waals surface area contributed by atoms with Crippen molar-refractivity contribution < 1.29 is 14.7 Å². The zero-order chi connectivity index (χ0) is 27.9. The Kier molecular flexibility index (Phi) is 6.57. The van der Waals surface area contributed by atoms with E-state index in [1.54, 1.807) is 10.6 Å². The molecule has 0 radical (unpaired) electrons. The maximum atomic E-state index is 13.1. The van der Waals surface area contributed by atoms with Crippen molar-refractivity contribution in [2.75, 3.05) is 36.0 Å². The second kappa shape index (κ2) is 10.2. The molecule has 11 heteroatoms. The third-order valence-corrected chi connectivity index (χ3v) is 8.04. The predicted molar refractivity (Wildman–Crippen MR) is 150 cm³/mol. The van der Waals surface area contributed by atoms with Gasteiger partial charge in [0.15, 0.2) is 11.3 Å². The largest absolute Gasteiger partial charge is 0.477 e. The van der Waals surface area contributed by atoms with Gasteiger partial charge in [-0.1, -0.05) is 19.1 Å². The van der Waals surface area contributed by atoms with Gasteiger partial charge in [0, 0.05) is 49.5 Å². The maximum Gasteiger partial charge on any atom is 0.354 e. The van der Waals surface area contributed by atoms with Crippen LogP contribution >= 0.6 is 0 Å². The number of amides is 1. The van der Waals surface area contributed by atoms with Gasteiger partial charge in [-0.2, -0.15) is 0 Å². The molecule has 6 heterocycles. The van der Waals surface area contributed by atoms with E-state index in [1.807, 2.05) is 42.4 Å². The second-order valence-corrected chi connectivity index (χ2v) is 11.0. The summed E-state index contributed by atoms with van der Waals surface area (Å²) < 4.78 is 1.71. The summed E-state index contributed by atoms with van der Waals surface area (Å²) in [4.78, 5) is 42.1. The van der Waals surface area contributed by atoms with Crippen molar-refractivity contribution in [3.05, 3.63) is 77.6 Å². The van der Waals surface area contributed by atoms with E-state index >= 15 is 0 Å². The standard InChI is InChI=1S/C29H32N8O3/c1-19-16-21(36-15-11-29(2,18-36)23-7-3-4-12-30-23)17-37-26(19)33-25(34-37)27(38)31-20-9-13-35(14-10-20)24-8-5-6-22(32-24)28(39)40/h3-8,12,16-17,20H,9-11,13-15,18H2,1-2H3,(H,31,38)(H,39,40). The van der Waals surface area contributed by atoms with Crippen LogP contribution in [0, 0.1) is 6.92 Å². The van der Waals surface area contributed by atoms with Crippen molar-refractivity contribution in [2.45, 2.75) is 44.6 Å². The van der Waals surface area contributed by atoms with Crippen molar-refractivity contribution >= 4 is 29.0 Å². The molecule has 1 amide bonds. The van der Waals surface area contributed by atoms with E-state index in [9.17, 15) is 14.7 Å². The van der Waals surface area contributed by atoms with Gasteiger partial charge in [-0.3, -0.25) is 9.78 Å². The van der Waals surface area contributed by atoms with Crippen LogP contribution in [0.25, 0.3) is 5.65 Å². The third kappa shape index (κ3) is 4.94. The Hall–Kier alpha value is -4.54. The minimum absolute atomic E-state index is 0.0243. The molecule has 0 aliphatic carbocycles. The lowest BCUT2D eigenvalue weighted by atomic mass is 9.85. The maximum absolute atomic E-state index is 13.1. The van der Waals surface area contributed by atoms with Crippen LogP contribution in [0.15, 0.2) is 54.9 Å². The monoisotopic (exact) mass is 540 g/mol. The third-order valence-electron chi connectivity index (χ3n) is 8.04. The SMILES string of the molecule is Cc1cc(N2CCC(C)(c3ccccn3)C2)cn2nc(C(=O)NC3CCN(c4cccc(C(=O)O)n4)CC3)nc12. The molecule has 6 rings (SSSR count). The minimum Gasteiger partial charge on any atom is -0.477 e. The van der Waals surface area contributed by atoms with E-state index in [2.05, 4.69) is 49.3 Å². The van der Waals surface area contributed by atoms with Crippen LogP contribution in [-0.4, -0.2) is 73.8 Å². The van der Waals surface area contributed by atoms with Gasteiger partial charge in [0.1, 0.15) is 5.82 Å². The first kappa shape index (κ1) is 25.7. The summed E-state index contributed by atoms with van der Waals surface area (Å²) in [5.41, 5.74) is 3.78. The topological polar surface area (TPSA) is 129 Å². The highest BCUT2D eigenvalue weighted by molar-refractivity contribution is 5.91. The van der Waals surface area contributed by atoms with Crippen LogP contribution in [-0.2, 0) is 5.41 Å². The van der Waals surface area contributed by atoms with Crippen LogP contribution in [0.5, 0.6) is 0 Å². The molecule has 2 fully saturated rings. The first-order valence-corrected chi connectivity index (χ1v) is 13.6. The lowest BCUT2D eigenvalue weighted by Gasteiger charge is -2.33. The Balaban J connectivity index is 1.11. The van der Waals surface area contributed by atoms with Crippen molar-refractivity contribution in [1.29, 1.82) is 0 Å². The van der Waals surface area contributed by atoms with E-state index < -0.39 is 5.97 Å². The van der Waals surface area contributed by atoms with Gasteiger partial charge in [-0.05, 0) is 62.1 Å². The zero-order valence-electron chi connectivity index (χ0n) is 22.6. The Bertz CT molecular complexity index is 1560. The molecule has 0 aromatic carbocycles. The fraction of sp³-hybridized carbons (Fsp3) is 0.379. The number of anilines is 2. The number of carboxylic acids is 1. The first-order valence-electron chi connectivity index (χ1n) is 13.6. The molecule has 40 heavy (non-hydrogen) atoms. The van der Waals surface area contributed by atoms with Crippen LogP contribution in [0.1, 0.15) is 58.6 Å². The summed E-state index contributed by atoms with van der Waals surface area (Å²) in [5, 5.41) is 16.8. The van der Waals surface area contributed by atoms with E-state index in [4.69, 9.17) is 0 Å². The molecular weight excluding hydrogens is 508 g/mol. The first-order chi connectivity index (χ1) is 19.3. The quantitative estimate of drug-likeness (QED) is 0.379. The molecule has 4 aromatic rings. The van der Waals surface area contributed by atoms with Crippen molar-refractivity contribution in [2.24, 2.45) is 0 Å². The average Bonchev–Trinajstić information content (AvgIpc) is 3.59. The molecular formula is C29H32N8O3. The molecule has 0 spiro atoms. The van der Waals surface area contributed by atoms with E-state index in [0.29, 0.717) is 37.4 Å². The molecule has 11 nitrogen and oxygen atoms in total. The summed E-state index contributed by atoms with van der Waals surface area (Å²) in [5.74, 6) is -0.553. The van der Waals surface area contributed by atoms with Crippen LogP contribution in [0.3, 0.4) is 0 Å². The Morgan fingerprint density at radius 3 is 2.62 bits per heavy atom. The number of fused-ring (bicyclic) bond motifs is 1. The minimum atomic E-state index is -1.05. The lowest BCUT2D eigenvalue weighted by molar-refractivity contribution is 0.0690. The van der Waals surface area contributed by atoms with E-state index in [-0.39, 0.29) is 28.9 Å². The molecule has 2 aliphatic heterocycles. The number of piperidine rings is 1. The number of hydrogen-bond acceptors (Lipinski definition) is 8. The number of aromatic nitrogens is 5. The van der Waals surface area contributed by atoms with E-state index in [1.165, 1.54) is 6.07 Å². The van der Waals surface area contributed by atoms with E-state index in [0.717, 1.165) is 36.5 Å². The molecule has 0 saturated carbocycles. The molecule has 4 aromatic heterocycles. The highest BCUT2D eigenvalue weighted by atomic mass is 16.4. The number of nitrogens with one attached hydrogen (secondary N) is 1. The number of aryl methyl sites for hydroxylation is 1. The van der Waals surface area contributed by atoms with Gasteiger partial charge < -0.3 is 20.2 Å². The Labute approximate surface area is 231 Å². The number of pyridine rings is 3. The number of carbonyl (C=O) groups is 2. The molecule has 0 bridgehead atoms. The summed E-state index contributed by atoms with van der Waals surface area (Å²) >= 11 is 0. The predicted octanol–water partition coefficient (Wildman–Crippen LogP) is 3.09. The fourth-order valence-electron chi connectivity index (χ4n) is 5.73. The zero-order valence-corrected chi connectivity index (χ0v) is 22.6. The number of carboxylic acid groups (broad SMARTS) is 1. The molecule has 1 atom stereocenters. The Morgan fingerprint density at radius 1 is 1.05 bits per heavy atom. The molecule has 206 valence electrons. The highest BCUT2D eigenvalue weighted by Gasteiger charge is 2.37. The number of carbonyl (C=O) groups excluding carboxylic acids is 1. The second-order valence-electron chi connectivity index (χ2n) is 11.0. The van der Waals surface area contributed by atoms with Gasteiger partial charge in [0.25, 0.3) is 5.91 Å². The molecule has 2 N–H and O–H groups in total. The number of aromatic carboxylic acids is 1. The highest BCUT2D eigenvalue weighted by Crippen LogP contribution is 2.35. The van der Waals surface area contributed by atoms with Crippen molar-refractivity contribution in [1.82, 2.24) is 29.9 Å². The summed E-state index contributed by atoms with van der Waals surface area (Å²) in [6.07, 6.45) is 6.23. The fourth-order valence-corrected chi connectivity index (χ4v) is 5.73. The number of hydrogen-bond donors (Lipinski definition) is 2. The molecule has 1 unspecified atom stereocenters. The van der Waals surface area contributed by atoms with Gasteiger partial charge in [0.05, 0.1) is 11.9 Å². The number of nitrogens with zero attached hydrogens (tertiary/aromatic N) is 7. The number of rotatable bonds is 6. The van der Waals surface area contributed by atoms with Crippen LogP contribution < -0.4 is 15.1 Å². The summed E-state index contributed by atoms with van der Waals surface area (Å²) in [6.45, 7) is 7.34. The van der Waals surface area contributed by atoms with Gasteiger partial charge in [-0.15, -0.1) is 5.10 Å². The van der Waals surface area contributed by atoms with Gasteiger partial charge >= 0.3 is 5.97 Å². The Morgan fingerprint density at radius 2 is 1.88 bits per heavy atom. The molecule has 2 saturated heterocycles. The summed E-state index contributed by atoms with van der Waals surface area (Å²) in [6, 6.07) is 13.2. The lowest BCUT2D eigenvalue weighted by Crippen LogP contribution is -2.45. The van der Waals surface area contributed by atoms with Crippen LogP contribution in [0.4, 0.5) is 11.5 Å². The normalized spacial score (nSPS) is 19.8. The summed E-state index contributed by atoms with van der Waals surface area (Å²) in [7, 11) is 0. The average molecular weight is 541 g/mol.